The predicted octanol–water partition coefficient (Wildman–Crippen LogP) is 5.05. The summed E-state index contributed by atoms with van der Waals surface area (Å²) < 4.78 is 10.9. The molecule has 134 valence electrons. The average Bonchev–Trinajstić information content (AvgIpc) is 2.43. The monoisotopic (exact) mass is 351 g/mol. The molecule has 0 aliphatic rings. The molecule has 0 unspecified atom stereocenters. The van der Waals surface area contributed by atoms with Crippen molar-refractivity contribution < 1.29 is 18.8 Å². The molecule has 0 heterocycles. The number of rotatable bonds is 5. The highest BCUT2D eigenvalue weighted by atomic mass is 28.4. The summed E-state index contributed by atoms with van der Waals surface area (Å²) in [5.74, 6) is -0.0950. The van der Waals surface area contributed by atoms with E-state index in [9.17, 15) is 9.59 Å². The van der Waals surface area contributed by atoms with E-state index in [4.69, 9.17) is 9.16 Å². The summed E-state index contributed by atoms with van der Waals surface area (Å²) >= 11 is 0. The second-order valence-corrected chi connectivity index (χ2v) is 12.6. The topological polar surface area (TPSA) is 64.6 Å². The van der Waals surface area contributed by atoms with E-state index in [1.165, 1.54) is 0 Å². The van der Waals surface area contributed by atoms with Gasteiger partial charge in [0.25, 0.3) is 8.32 Å². The van der Waals surface area contributed by atoms with E-state index >= 15 is 0 Å². The van der Waals surface area contributed by atoms with E-state index in [1.807, 2.05) is 26.9 Å². The van der Waals surface area contributed by atoms with Gasteiger partial charge in [-0.25, -0.2) is 9.59 Å². The molecule has 1 amide bonds. The zero-order valence-electron chi connectivity index (χ0n) is 15.7. The van der Waals surface area contributed by atoms with Gasteiger partial charge in [-0.3, -0.25) is 5.32 Å². The first-order valence-corrected chi connectivity index (χ1v) is 11.1. The van der Waals surface area contributed by atoms with E-state index in [1.54, 1.807) is 24.3 Å². The third kappa shape index (κ3) is 6.00. The molecular weight excluding hydrogens is 322 g/mol. The van der Waals surface area contributed by atoms with Gasteiger partial charge in [0, 0.05) is 5.69 Å². The lowest BCUT2D eigenvalue weighted by Gasteiger charge is -2.35. The maximum Gasteiger partial charge on any atom is 0.411 e. The molecule has 0 saturated carbocycles. The van der Waals surface area contributed by atoms with Crippen LogP contribution in [0.3, 0.4) is 0 Å². The standard InChI is InChI=1S/C18H29NO4Si/c1-13(2)12-22-17(21)19-15-10-8-9-14(11-15)16(20)23-24(6,7)18(3,4)5/h8-11,13H,12H2,1-7H3,(H,19,21). The Hall–Kier alpha value is -1.82. The first-order valence-electron chi connectivity index (χ1n) is 8.19. The van der Waals surface area contributed by atoms with Crippen LogP contribution in [-0.4, -0.2) is 27.0 Å². The number of amides is 1. The number of anilines is 1. The van der Waals surface area contributed by atoms with Gasteiger partial charge in [0.2, 0.25) is 0 Å². The number of ether oxygens (including phenoxy) is 1. The molecule has 5 nitrogen and oxygen atoms in total. The second-order valence-electron chi connectivity index (χ2n) is 7.85. The highest BCUT2D eigenvalue weighted by molar-refractivity contribution is 6.75. The van der Waals surface area contributed by atoms with E-state index in [0.717, 1.165) is 0 Å². The highest BCUT2D eigenvalue weighted by Crippen LogP contribution is 2.37. The van der Waals surface area contributed by atoms with Crippen LogP contribution in [0.5, 0.6) is 0 Å². The van der Waals surface area contributed by atoms with Crippen molar-refractivity contribution >= 4 is 26.1 Å². The fourth-order valence-electron chi connectivity index (χ4n) is 1.56. The molecule has 0 aliphatic heterocycles. The van der Waals surface area contributed by atoms with Crippen LogP contribution in [0, 0.1) is 5.92 Å². The van der Waals surface area contributed by atoms with Crippen molar-refractivity contribution in [1.82, 2.24) is 0 Å². The number of nitrogens with one attached hydrogen (secondary N) is 1. The van der Waals surface area contributed by atoms with Crippen molar-refractivity contribution in [3.05, 3.63) is 29.8 Å². The first kappa shape index (κ1) is 20.2. The highest BCUT2D eigenvalue weighted by Gasteiger charge is 2.40. The third-order valence-electron chi connectivity index (χ3n) is 4.05. The van der Waals surface area contributed by atoms with E-state index < -0.39 is 14.4 Å². The van der Waals surface area contributed by atoms with Gasteiger partial charge in [0.15, 0.2) is 0 Å². The van der Waals surface area contributed by atoms with Crippen molar-refractivity contribution in [2.45, 2.75) is 52.8 Å². The van der Waals surface area contributed by atoms with Crippen LogP contribution >= 0.6 is 0 Å². The van der Waals surface area contributed by atoms with E-state index in [2.05, 4.69) is 26.1 Å². The first-order chi connectivity index (χ1) is 10.9. The van der Waals surface area contributed by atoms with Crippen LogP contribution in [-0.2, 0) is 9.16 Å². The molecule has 6 heteroatoms. The summed E-state index contributed by atoms with van der Waals surface area (Å²) in [5.41, 5.74) is 0.926. The Balaban J connectivity index is 2.78. The van der Waals surface area contributed by atoms with Gasteiger partial charge in [-0.05, 0) is 42.2 Å². The number of benzene rings is 1. The molecule has 1 aromatic rings. The van der Waals surface area contributed by atoms with Crippen LogP contribution in [0.15, 0.2) is 24.3 Å². The molecule has 0 aliphatic carbocycles. The van der Waals surface area contributed by atoms with Crippen molar-refractivity contribution in [3.8, 4) is 0 Å². The van der Waals surface area contributed by atoms with Gasteiger partial charge in [-0.15, -0.1) is 0 Å². The van der Waals surface area contributed by atoms with Gasteiger partial charge < -0.3 is 9.16 Å². The molecule has 24 heavy (non-hydrogen) atoms. The summed E-state index contributed by atoms with van der Waals surface area (Å²) in [7, 11) is -2.19. The maximum absolute atomic E-state index is 12.4. The molecule has 1 N–H and O–H groups in total. The fourth-order valence-corrected chi connectivity index (χ4v) is 2.45. The lowest BCUT2D eigenvalue weighted by molar-refractivity contribution is 0.0712. The molecule has 0 saturated heterocycles. The zero-order chi connectivity index (χ0) is 18.5. The van der Waals surface area contributed by atoms with E-state index in [0.29, 0.717) is 17.9 Å². The number of hydrogen-bond donors (Lipinski definition) is 1. The Morgan fingerprint density at radius 2 is 1.83 bits per heavy atom. The van der Waals surface area contributed by atoms with Gasteiger partial charge >= 0.3 is 12.1 Å². The lowest BCUT2D eigenvalue weighted by atomic mass is 10.2. The van der Waals surface area contributed by atoms with Crippen molar-refractivity contribution in [2.24, 2.45) is 5.92 Å². The largest absolute Gasteiger partial charge is 0.516 e. The minimum Gasteiger partial charge on any atom is -0.516 e. The normalized spacial score (nSPS) is 12.0. The van der Waals surface area contributed by atoms with E-state index in [-0.39, 0.29) is 16.9 Å². The molecule has 0 fully saturated rings. The summed E-state index contributed by atoms with van der Waals surface area (Å²) in [6.45, 7) is 14.6. The van der Waals surface area contributed by atoms with Crippen LogP contribution in [0.2, 0.25) is 18.1 Å². The van der Waals surface area contributed by atoms with Gasteiger partial charge in [-0.2, -0.15) is 0 Å². The zero-order valence-corrected chi connectivity index (χ0v) is 16.7. The summed E-state index contributed by atoms with van der Waals surface area (Å²) in [6.07, 6.45) is -0.529. The van der Waals surface area contributed by atoms with Crippen LogP contribution in [0.25, 0.3) is 0 Å². The Morgan fingerprint density at radius 3 is 2.38 bits per heavy atom. The molecule has 1 rings (SSSR count). The molecule has 0 radical (unpaired) electrons. The summed E-state index contributed by atoms with van der Waals surface area (Å²) in [5, 5.41) is 2.57. The number of carbonyl (C=O) groups excluding carboxylic acids is 2. The van der Waals surface area contributed by atoms with Crippen molar-refractivity contribution in [3.63, 3.8) is 0 Å². The Labute approximate surface area is 145 Å². The summed E-state index contributed by atoms with van der Waals surface area (Å²) in [6, 6.07) is 6.70. The molecule has 0 aromatic heterocycles. The van der Waals surface area contributed by atoms with Crippen molar-refractivity contribution in [1.29, 1.82) is 0 Å². The Bertz CT molecular complexity index is 591. The van der Waals surface area contributed by atoms with Gasteiger partial charge in [-0.1, -0.05) is 40.7 Å². The molecule has 0 spiro atoms. The predicted molar refractivity (Wildman–Crippen MR) is 98.9 cm³/mol. The minimum absolute atomic E-state index is 0.0564. The second kappa shape index (κ2) is 7.83. The SMILES string of the molecule is CC(C)COC(=O)Nc1cccc(C(=O)O[Si](C)(C)C(C)(C)C)c1. The van der Waals surface area contributed by atoms with Gasteiger partial charge in [0.1, 0.15) is 0 Å². The Kier molecular flexibility index (Phi) is 6.60. The van der Waals surface area contributed by atoms with Gasteiger partial charge in [0.05, 0.1) is 12.2 Å². The molecule has 1 aromatic carbocycles. The minimum atomic E-state index is -2.19. The number of carbonyl (C=O) groups is 2. The average molecular weight is 352 g/mol. The Morgan fingerprint density at radius 1 is 1.21 bits per heavy atom. The van der Waals surface area contributed by atoms with Crippen LogP contribution in [0.1, 0.15) is 45.0 Å². The van der Waals surface area contributed by atoms with Crippen molar-refractivity contribution in [2.75, 3.05) is 11.9 Å². The van der Waals surface area contributed by atoms with Crippen LogP contribution < -0.4 is 5.32 Å². The third-order valence-corrected chi connectivity index (χ3v) is 8.35. The molecule has 0 bridgehead atoms. The quantitative estimate of drug-likeness (QED) is 0.754. The molecule has 0 atom stereocenters. The molecular formula is C18H29NO4Si. The van der Waals surface area contributed by atoms with Crippen LogP contribution in [0.4, 0.5) is 10.5 Å². The smallest absolute Gasteiger partial charge is 0.411 e. The maximum atomic E-state index is 12.4. The number of hydrogen-bond acceptors (Lipinski definition) is 4. The fraction of sp³-hybridized carbons (Fsp3) is 0.556. The lowest BCUT2D eigenvalue weighted by Crippen LogP contribution is -2.42. The summed E-state index contributed by atoms with van der Waals surface area (Å²) in [4.78, 5) is 24.1.